The molecule has 1 atom stereocenters. The van der Waals surface area contributed by atoms with Gasteiger partial charge in [-0.25, -0.2) is 22.0 Å². The summed E-state index contributed by atoms with van der Waals surface area (Å²) in [6.07, 6.45) is -0.896. The number of carbonyl (C=O) groups excluding carboxylic acids is 2. The Morgan fingerprint density at radius 2 is 1.64 bits per heavy atom. The van der Waals surface area contributed by atoms with Crippen LogP contribution < -0.4 is 5.32 Å². The normalized spacial score (nSPS) is 12.2. The Labute approximate surface area is 161 Å². The zero-order chi connectivity index (χ0) is 20.7. The molecular weight excluding hydrogens is 392 g/mol. The molecule has 0 aliphatic heterocycles. The molecule has 0 fully saturated rings. The van der Waals surface area contributed by atoms with Gasteiger partial charge in [0.25, 0.3) is 0 Å². The number of ether oxygens (including phenoxy) is 1. The minimum atomic E-state index is -3.68. The van der Waals surface area contributed by atoms with Gasteiger partial charge in [0, 0.05) is 5.56 Å². The van der Waals surface area contributed by atoms with Gasteiger partial charge in [-0.05, 0) is 30.7 Å². The molecule has 2 rings (SSSR count). The molecule has 150 valence electrons. The molecule has 6 nitrogen and oxygen atoms in total. The zero-order valence-electron chi connectivity index (χ0n) is 15.0. The van der Waals surface area contributed by atoms with Crippen molar-refractivity contribution in [2.45, 2.75) is 23.8 Å². The Bertz CT molecular complexity index is 928. The summed E-state index contributed by atoms with van der Waals surface area (Å²) in [6.45, 7) is 0. The van der Waals surface area contributed by atoms with Crippen LogP contribution in [0.1, 0.15) is 12.0 Å². The summed E-state index contributed by atoms with van der Waals surface area (Å²) in [7, 11) is -2.60. The van der Waals surface area contributed by atoms with Gasteiger partial charge in [-0.1, -0.05) is 24.3 Å². The third kappa shape index (κ3) is 5.59. The van der Waals surface area contributed by atoms with E-state index in [0.717, 1.165) is 25.3 Å². The number of benzene rings is 2. The highest BCUT2D eigenvalue weighted by Crippen LogP contribution is 2.14. The van der Waals surface area contributed by atoms with Crippen LogP contribution in [-0.4, -0.2) is 39.2 Å². The van der Waals surface area contributed by atoms with Gasteiger partial charge in [-0.15, -0.1) is 0 Å². The smallest absolute Gasteiger partial charge is 0.328 e. The molecule has 1 N–H and O–H groups in total. The standard InChI is InChI=1S/C19H19F2NO5S/c1-27-19(24)17(10-11-28(25,26)13-6-3-2-4-7-13)22-18(23)12-14-15(20)8-5-9-16(14)21/h2-9,17H,10-12H2,1H3,(H,22,23)/t17-/m0/s1. The first-order valence-electron chi connectivity index (χ1n) is 8.32. The summed E-state index contributed by atoms with van der Waals surface area (Å²) < 4.78 is 56.6. The Morgan fingerprint density at radius 1 is 1.04 bits per heavy atom. The average Bonchev–Trinajstić information content (AvgIpc) is 2.68. The van der Waals surface area contributed by atoms with Gasteiger partial charge in [0.15, 0.2) is 9.84 Å². The molecule has 0 aromatic heterocycles. The summed E-state index contributed by atoms with van der Waals surface area (Å²) in [5, 5.41) is 2.28. The van der Waals surface area contributed by atoms with Crippen molar-refractivity contribution < 1.29 is 31.5 Å². The lowest BCUT2D eigenvalue weighted by atomic mass is 10.1. The number of esters is 1. The average molecular weight is 411 g/mol. The lowest BCUT2D eigenvalue weighted by molar-refractivity contribution is -0.145. The van der Waals surface area contributed by atoms with Gasteiger partial charge < -0.3 is 10.1 Å². The second-order valence-electron chi connectivity index (χ2n) is 5.94. The highest BCUT2D eigenvalue weighted by Gasteiger charge is 2.26. The number of carbonyl (C=O) groups is 2. The van der Waals surface area contributed by atoms with Crippen LogP contribution in [0.3, 0.4) is 0 Å². The van der Waals surface area contributed by atoms with Crippen LogP contribution >= 0.6 is 0 Å². The van der Waals surface area contributed by atoms with Crippen LogP contribution in [0.2, 0.25) is 0 Å². The molecule has 9 heteroatoms. The quantitative estimate of drug-likeness (QED) is 0.672. The second-order valence-corrected chi connectivity index (χ2v) is 8.05. The third-order valence-electron chi connectivity index (χ3n) is 4.00. The molecule has 2 aromatic rings. The van der Waals surface area contributed by atoms with Crippen molar-refractivity contribution in [2.24, 2.45) is 0 Å². The van der Waals surface area contributed by atoms with E-state index < -0.39 is 57.1 Å². The lowest BCUT2D eigenvalue weighted by Gasteiger charge is -2.17. The Morgan fingerprint density at radius 3 is 2.21 bits per heavy atom. The van der Waals surface area contributed by atoms with E-state index in [-0.39, 0.29) is 11.3 Å². The summed E-state index contributed by atoms with van der Waals surface area (Å²) in [5.41, 5.74) is -0.444. The van der Waals surface area contributed by atoms with E-state index in [1.54, 1.807) is 18.2 Å². The van der Waals surface area contributed by atoms with E-state index in [1.165, 1.54) is 12.1 Å². The van der Waals surface area contributed by atoms with E-state index >= 15 is 0 Å². The zero-order valence-corrected chi connectivity index (χ0v) is 15.8. The Balaban J connectivity index is 2.07. The monoisotopic (exact) mass is 411 g/mol. The van der Waals surface area contributed by atoms with Crippen LogP contribution in [0.25, 0.3) is 0 Å². The number of hydrogen-bond donors (Lipinski definition) is 1. The SMILES string of the molecule is COC(=O)[C@H](CCS(=O)(=O)c1ccccc1)NC(=O)Cc1c(F)cccc1F. The maximum atomic E-state index is 13.7. The fourth-order valence-corrected chi connectivity index (χ4v) is 3.87. The van der Waals surface area contributed by atoms with Crippen molar-refractivity contribution in [3.05, 3.63) is 65.7 Å². The summed E-state index contributed by atoms with van der Waals surface area (Å²) >= 11 is 0. The molecule has 0 aliphatic carbocycles. The first-order chi connectivity index (χ1) is 13.2. The van der Waals surface area contributed by atoms with E-state index in [0.29, 0.717) is 0 Å². The first-order valence-corrected chi connectivity index (χ1v) is 9.97. The van der Waals surface area contributed by atoms with Crippen LogP contribution in [0.4, 0.5) is 8.78 Å². The van der Waals surface area contributed by atoms with Gasteiger partial charge in [0.1, 0.15) is 17.7 Å². The highest BCUT2D eigenvalue weighted by molar-refractivity contribution is 7.91. The number of methoxy groups -OCH3 is 1. The highest BCUT2D eigenvalue weighted by atomic mass is 32.2. The molecule has 0 saturated carbocycles. The minimum absolute atomic E-state index is 0.0818. The maximum absolute atomic E-state index is 13.7. The van der Waals surface area contributed by atoms with Gasteiger partial charge >= 0.3 is 5.97 Å². The molecule has 0 spiro atoms. The molecular formula is C19H19F2NO5S. The first kappa shape index (κ1) is 21.5. The van der Waals surface area contributed by atoms with Crippen LogP contribution in [0, 0.1) is 11.6 Å². The van der Waals surface area contributed by atoms with E-state index in [1.807, 2.05) is 0 Å². The lowest BCUT2D eigenvalue weighted by Crippen LogP contribution is -2.43. The number of amides is 1. The van der Waals surface area contributed by atoms with E-state index in [9.17, 15) is 26.8 Å². The number of sulfone groups is 1. The van der Waals surface area contributed by atoms with Crippen LogP contribution in [0.5, 0.6) is 0 Å². The number of hydrogen-bond acceptors (Lipinski definition) is 5. The van der Waals surface area contributed by atoms with Crippen molar-refractivity contribution in [3.8, 4) is 0 Å². The topological polar surface area (TPSA) is 89.5 Å². The van der Waals surface area contributed by atoms with Gasteiger partial charge in [0.2, 0.25) is 5.91 Å². The molecule has 0 saturated heterocycles. The van der Waals surface area contributed by atoms with Gasteiger partial charge in [-0.3, -0.25) is 4.79 Å². The molecule has 2 aromatic carbocycles. The summed E-state index contributed by atoms with van der Waals surface area (Å²) in [5.74, 6) is -3.90. The molecule has 0 bridgehead atoms. The predicted molar refractivity (Wildman–Crippen MR) is 97.1 cm³/mol. The third-order valence-corrected chi connectivity index (χ3v) is 5.76. The fourth-order valence-electron chi connectivity index (χ4n) is 2.52. The van der Waals surface area contributed by atoms with Crippen LogP contribution in [-0.2, 0) is 30.6 Å². The van der Waals surface area contributed by atoms with Crippen molar-refractivity contribution in [3.63, 3.8) is 0 Å². The molecule has 1 amide bonds. The number of halogens is 2. The fraction of sp³-hybridized carbons (Fsp3) is 0.263. The van der Waals surface area contributed by atoms with Crippen molar-refractivity contribution in [2.75, 3.05) is 12.9 Å². The maximum Gasteiger partial charge on any atom is 0.328 e. The van der Waals surface area contributed by atoms with Gasteiger partial charge in [-0.2, -0.15) is 0 Å². The van der Waals surface area contributed by atoms with Crippen LogP contribution in [0.15, 0.2) is 53.4 Å². The molecule has 28 heavy (non-hydrogen) atoms. The minimum Gasteiger partial charge on any atom is -0.467 e. The predicted octanol–water partition coefficient (Wildman–Crippen LogP) is 2.03. The molecule has 0 radical (unpaired) electrons. The van der Waals surface area contributed by atoms with Crippen molar-refractivity contribution in [1.82, 2.24) is 5.32 Å². The summed E-state index contributed by atoms with van der Waals surface area (Å²) in [4.78, 5) is 24.1. The Hall–Kier alpha value is -2.81. The molecule has 0 aliphatic rings. The second kappa shape index (κ2) is 9.41. The van der Waals surface area contributed by atoms with Crippen molar-refractivity contribution in [1.29, 1.82) is 0 Å². The van der Waals surface area contributed by atoms with E-state index in [4.69, 9.17) is 0 Å². The largest absolute Gasteiger partial charge is 0.467 e. The van der Waals surface area contributed by atoms with E-state index in [2.05, 4.69) is 10.1 Å². The van der Waals surface area contributed by atoms with Crippen molar-refractivity contribution >= 4 is 21.7 Å². The van der Waals surface area contributed by atoms with Gasteiger partial charge in [0.05, 0.1) is 24.2 Å². The number of rotatable bonds is 8. The summed E-state index contributed by atoms with van der Waals surface area (Å²) in [6, 6.07) is 9.54. The Kier molecular flexibility index (Phi) is 7.22. The number of nitrogens with one attached hydrogen (secondary N) is 1. The molecule has 0 unspecified atom stereocenters. The molecule has 0 heterocycles.